The van der Waals surface area contributed by atoms with E-state index >= 15 is 0 Å². The van der Waals surface area contributed by atoms with Crippen LogP contribution >= 0.6 is 0 Å². The molecule has 0 aliphatic heterocycles. The highest BCUT2D eigenvalue weighted by atomic mass is 16.3. The fourth-order valence-electron chi connectivity index (χ4n) is 1.27. The minimum atomic E-state index is -0.533. The molecule has 94 valence electrons. The highest BCUT2D eigenvalue weighted by Crippen LogP contribution is 2.03. The van der Waals surface area contributed by atoms with Crippen molar-refractivity contribution in [3.8, 4) is 0 Å². The number of aromatic nitrogens is 1. The van der Waals surface area contributed by atoms with Gasteiger partial charge in [0.2, 0.25) is 0 Å². The van der Waals surface area contributed by atoms with Crippen molar-refractivity contribution in [3.63, 3.8) is 0 Å². The van der Waals surface area contributed by atoms with E-state index in [2.05, 4.69) is 10.3 Å². The van der Waals surface area contributed by atoms with E-state index in [-0.39, 0.29) is 18.4 Å². The summed E-state index contributed by atoms with van der Waals surface area (Å²) in [6.45, 7) is 4.35. The van der Waals surface area contributed by atoms with Gasteiger partial charge >= 0.3 is 0 Å². The molecule has 5 heteroatoms. The fourth-order valence-corrected chi connectivity index (χ4v) is 1.27. The fraction of sp³-hybridized carbons (Fsp3) is 0.500. The van der Waals surface area contributed by atoms with Crippen LogP contribution in [0.5, 0.6) is 0 Å². The molecule has 1 aromatic rings. The first-order valence-electron chi connectivity index (χ1n) is 5.66. The summed E-state index contributed by atoms with van der Waals surface area (Å²) in [5.41, 5.74) is 6.63. The number of nitrogens with two attached hydrogens (primary N) is 1. The summed E-state index contributed by atoms with van der Waals surface area (Å²) in [6, 6.07) is 3.27. The monoisotopic (exact) mass is 237 g/mol. The molecule has 17 heavy (non-hydrogen) atoms. The quantitative estimate of drug-likeness (QED) is 0.686. The SMILES string of the molecule is CC(C)C(O)CNC(=O)c1ccnc(CN)c1. The third-order valence-electron chi connectivity index (χ3n) is 2.53. The number of rotatable bonds is 5. The average Bonchev–Trinajstić information content (AvgIpc) is 2.35. The van der Waals surface area contributed by atoms with Crippen LogP contribution in [0.1, 0.15) is 29.9 Å². The molecule has 1 rings (SSSR count). The molecule has 4 N–H and O–H groups in total. The minimum absolute atomic E-state index is 0.118. The topological polar surface area (TPSA) is 88.2 Å². The Morgan fingerprint density at radius 1 is 1.59 bits per heavy atom. The summed E-state index contributed by atoms with van der Waals surface area (Å²) in [5, 5.41) is 12.2. The number of nitrogens with zero attached hydrogens (tertiary/aromatic N) is 1. The van der Waals surface area contributed by atoms with Crippen molar-refractivity contribution in [2.45, 2.75) is 26.5 Å². The maximum absolute atomic E-state index is 11.7. The molecule has 0 bridgehead atoms. The molecule has 0 aliphatic rings. The zero-order chi connectivity index (χ0) is 12.8. The lowest BCUT2D eigenvalue weighted by atomic mass is 10.1. The Morgan fingerprint density at radius 2 is 2.29 bits per heavy atom. The van der Waals surface area contributed by atoms with E-state index in [4.69, 9.17) is 5.73 Å². The van der Waals surface area contributed by atoms with Gasteiger partial charge in [-0.3, -0.25) is 9.78 Å². The number of aliphatic hydroxyl groups is 1. The van der Waals surface area contributed by atoms with Crippen LogP contribution in [-0.4, -0.2) is 28.6 Å². The van der Waals surface area contributed by atoms with Gasteiger partial charge in [-0.1, -0.05) is 13.8 Å². The molecule has 5 nitrogen and oxygen atoms in total. The summed E-state index contributed by atoms with van der Waals surface area (Å²) in [4.78, 5) is 15.8. The van der Waals surface area contributed by atoms with Crippen LogP contribution in [-0.2, 0) is 6.54 Å². The Bertz CT molecular complexity index is 380. The van der Waals surface area contributed by atoms with Gasteiger partial charge in [0.05, 0.1) is 11.8 Å². The predicted molar refractivity (Wildman–Crippen MR) is 65.3 cm³/mol. The largest absolute Gasteiger partial charge is 0.391 e. The van der Waals surface area contributed by atoms with E-state index in [9.17, 15) is 9.90 Å². The Kier molecular flexibility index (Phi) is 5.06. The maximum Gasteiger partial charge on any atom is 0.251 e. The van der Waals surface area contributed by atoms with Gasteiger partial charge in [0, 0.05) is 24.8 Å². The number of amides is 1. The molecule has 1 heterocycles. The molecule has 0 saturated carbocycles. The third kappa shape index (κ3) is 4.13. The first kappa shape index (κ1) is 13.6. The highest BCUT2D eigenvalue weighted by Gasteiger charge is 2.12. The molecule has 0 fully saturated rings. The van der Waals surface area contributed by atoms with Gasteiger partial charge < -0.3 is 16.2 Å². The van der Waals surface area contributed by atoms with Crippen LogP contribution in [0.15, 0.2) is 18.3 Å². The molecule has 0 spiro atoms. The van der Waals surface area contributed by atoms with Crippen molar-refractivity contribution in [3.05, 3.63) is 29.6 Å². The Morgan fingerprint density at radius 3 is 2.88 bits per heavy atom. The van der Waals surface area contributed by atoms with E-state index in [1.807, 2.05) is 13.8 Å². The second-order valence-electron chi connectivity index (χ2n) is 4.26. The van der Waals surface area contributed by atoms with Crippen LogP contribution in [0.3, 0.4) is 0 Å². The molecule has 1 atom stereocenters. The van der Waals surface area contributed by atoms with Crippen LogP contribution in [0.25, 0.3) is 0 Å². The van der Waals surface area contributed by atoms with E-state index < -0.39 is 6.10 Å². The van der Waals surface area contributed by atoms with Crippen molar-refractivity contribution in [2.75, 3.05) is 6.54 Å². The second kappa shape index (κ2) is 6.32. The number of carbonyl (C=O) groups is 1. The first-order chi connectivity index (χ1) is 8.04. The van der Waals surface area contributed by atoms with Gasteiger partial charge in [0.15, 0.2) is 0 Å². The van der Waals surface area contributed by atoms with Crippen LogP contribution in [0.2, 0.25) is 0 Å². The summed E-state index contributed by atoms with van der Waals surface area (Å²) < 4.78 is 0. The predicted octanol–water partition coefficient (Wildman–Crippen LogP) is 0.287. The molecule has 0 radical (unpaired) electrons. The van der Waals surface area contributed by atoms with Crippen LogP contribution < -0.4 is 11.1 Å². The van der Waals surface area contributed by atoms with Crippen LogP contribution in [0, 0.1) is 5.92 Å². The molecular formula is C12H19N3O2. The lowest BCUT2D eigenvalue weighted by Crippen LogP contribution is -2.34. The standard InChI is InChI=1S/C12H19N3O2/c1-8(2)11(16)7-15-12(17)9-3-4-14-10(5-9)6-13/h3-5,8,11,16H,6-7,13H2,1-2H3,(H,15,17). The number of hydrogen-bond donors (Lipinski definition) is 3. The zero-order valence-corrected chi connectivity index (χ0v) is 10.2. The summed E-state index contributed by atoms with van der Waals surface area (Å²) in [6.07, 6.45) is 1.02. The van der Waals surface area contributed by atoms with E-state index in [1.54, 1.807) is 18.3 Å². The lowest BCUT2D eigenvalue weighted by molar-refractivity contribution is 0.0871. The molecule has 0 aromatic carbocycles. The van der Waals surface area contributed by atoms with E-state index in [0.29, 0.717) is 17.8 Å². The van der Waals surface area contributed by atoms with E-state index in [1.165, 1.54) is 0 Å². The molecule has 0 saturated heterocycles. The van der Waals surface area contributed by atoms with Gasteiger partial charge in [-0.25, -0.2) is 0 Å². The van der Waals surface area contributed by atoms with Crippen molar-refractivity contribution < 1.29 is 9.90 Å². The molecule has 1 amide bonds. The maximum atomic E-state index is 11.7. The zero-order valence-electron chi connectivity index (χ0n) is 10.2. The Balaban J connectivity index is 2.57. The Hall–Kier alpha value is -1.46. The number of carbonyl (C=O) groups excluding carboxylic acids is 1. The molecule has 1 unspecified atom stereocenters. The van der Waals surface area contributed by atoms with Gasteiger partial charge in [0.25, 0.3) is 5.91 Å². The van der Waals surface area contributed by atoms with Crippen molar-refractivity contribution >= 4 is 5.91 Å². The van der Waals surface area contributed by atoms with Gasteiger partial charge in [-0.2, -0.15) is 0 Å². The van der Waals surface area contributed by atoms with E-state index in [0.717, 1.165) is 0 Å². The van der Waals surface area contributed by atoms with Crippen molar-refractivity contribution in [2.24, 2.45) is 11.7 Å². The van der Waals surface area contributed by atoms with Gasteiger partial charge in [-0.15, -0.1) is 0 Å². The smallest absolute Gasteiger partial charge is 0.251 e. The Labute approximate surface area is 101 Å². The van der Waals surface area contributed by atoms with Crippen molar-refractivity contribution in [1.82, 2.24) is 10.3 Å². The summed E-state index contributed by atoms with van der Waals surface area (Å²) >= 11 is 0. The molecular weight excluding hydrogens is 218 g/mol. The number of nitrogens with one attached hydrogen (secondary N) is 1. The normalized spacial score (nSPS) is 12.5. The average molecular weight is 237 g/mol. The number of pyridine rings is 1. The first-order valence-corrected chi connectivity index (χ1v) is 5.66. The molecule has 0 aliphatic carbocycles. The number of aliphatic hydroxyl groups excluding tert-OH is 1. The minimum Gasteiger partial charge on any atom is -0.391 e. The highest BCUT2D eigenvalue weighted by molar-refractivity contribution is 5.94. The second-order valence-corrected chi connectivity index (χ2v) is 4.26. The van der Waals surface area contributed by atoms with Crippen LogP contribution in [0.4, 0.5) is 0 Å². The third-order valence-corrected chi connectivity index (χ3v) is 2.53. The molecule has 1 aromatic heterocycles. The number of hydrogen-bond acceptors (Lipinski definition) is 4. The summed E-state index contributed by atoms with van der Waals surface area (Å²) in [7, 11) is 0. The van der Waals surface area contributed by atoms with Crippen molar-refractivity contribution in [1.29, 1.82) is 0 Å². The van der Waals surface area contributed by atoms with Gasteiger partial charge in [-0.05, 0) is 18.1 Å². The van der Waals surface area contributed by atoms with Gasteiger partial charge in [0.1, 0.15) is 0 Å². The summed E-state index contributed by atoms with van der Waals surface area (Å²) in [5.74, 6) is -0.103. The lowest BCUT2D eigenvalue weighted by Gasteiger charge is -2.15.